The Hall–Kier alpha value is -5.58. The van der Waals surface area contributed by atoms with Gasteiger partial charge in [-0.1, -0.05) is 103 Å². The Morgan fingerprint density at radius 3 is 1.98 bits per heavy atom. The molecule has 0 aliphatic heterocycles. The van der Waals surface area contributed by atoms with Crippen LogP contribution in [-0.4, -0.2) is 9.97 Å². The van der Waals surface area contributed by atoms with Gasteiger partial charge >= 0.3 is 0 Å². The van der Waals surface area contributed by atoms with E-state index >= 15 is 0 Å². The number of nitrogens with zero attached hydrogens (tertiary/aromatic N) is 2. The molecule has 0 atom stereocenters. The minimum atomic E-state index is 0.682. The highest BCUT2D eigenvalue weighted by Gasteiger charge is 2.20. The van der Waals surface area contributed by atoms with Crippen molar-refractivity contribution in [2.75, 3.05) is 0 Å². The van der Waals surface area contributed by atoms with Crippen LogP contribution in [0.2, 0.25) is 0 Å². The molecule has 0 amide bonds. The first-order chi connectivity index (χ1) is 21.8. The lowest BCUT2D eigenvalue weighted by molar-refractivity contribution is 0.667. The van der Waals surface area contributed by atoms with E-state index in [4.69, 9.17) is 14.4 Å². The molecule has 10 rings (SSSR count). The summed E-state index contributed by atoms with van der Waals surface area (Å²) in [5, 5.41) is 8.93. The van der Waals surface area contributed by atoms with Gasteiger partial charge in [0.05, 0.1) is 0 Å². The Balaban J connectivity index is 1.24. The van der Waals surface area contributed by atoms with Gasteiger partial charge in [0.25, 0.3) is 0 Å². The molecule has 0 aliphatic carbocycles. The summed E-state index contributed by atoms with van der Waals surface area (Å²) < 4.78 is 9.01. The molecule has 44 heavy (non-hydrogen) atoms. The number of benzene rings is 7. The summed E-state index contributed by atoms with van der Waals surface area (Å²) >= 11 is 1.88. The van der Waals surface area contributed by atoms with Gasteiger partial charge in [-0.05, 0) is 63.0 Å². The standard InChI is InChI=1S/C40H22N2OS/c1-2-10-23(11-3-1)37-39-38(29-14-4-5-19-31(29)43-39)42-40(41-37)25-13-6-12-24(22-25)26-15-7-16-27-28-17-8-20-32-35(28)36-30(34(26)27)18-9-21-33(36)44-32/h1-22H. The number of fused-ring (bicyclic) bond motifs is 6. The molecule has 0 radical (unpaired) electrons. The van der Waals surface area contributed by atoms with E-state index in [-0.39, 0.29) is 0 Å². The van der Waals surface area contributed by atoms with Gasteiger partial charge in [-0.3, -0.25) is 0 Å². The van der Waals surface area contributed by atoms with Crippen LogP contribution in [-0.2, 0) is 0 Å². The predicted molar refractivity (Wildman–Crippen MR) is 185 cm³/mol. The summed E-state index contributed by atoms with van der Waals surface area (Å²) in [6.07, 6.45) is 0. The average molecular weight is 579 g/mol. The molecule has 0 unspecified atom stereocenters. The zero-order valence-corrected chi connectivity index (χ0v) is 24.2. The third-order valence-corrected chi connectivity index (χ3v) is 9.97. The lowest BCUT2D eigenvalue weighted by atomic mass is 9.89. The van der Waals surface area contributed by atoms with Gasteiger partial charge in [-0.15, -0.1) is 11.3 Å². The summed E-state index contributed by atoms with van der Waals surface area (Å²) in [6, 6.07) is 47.1. The van der Waals surface area contributed by atoms with Crippen molar-refractivity contribution in [3.05, 3.63) is 133 Å². The van der Waals surface area contributed by atoms with Crippen LogP contribution in [0.25, 0.3) is 97.6 Å². The van der Waals surface area contributed by atoms with Crippen molar-refractivity contribution in [3.8, 4) is 33.8 Å². The van der Waals surface area contributed by atoms with Crippen molar-refractivity contribution in [2.45, 2.75) is 0 Å². The number of aromatic nitrogens is 2. The summed E-state index contributed by atoms with van der Waals surface area (Å²) in [4.78, 5) is 10.3. The van der Waals surface area contributed by atoms with E-state index in [1.807, 2.05) is 47.7 Å². The first kappa shape index (κ1) is 23.9. The predicted octanol–water partition coefficient (Wildman–Crippen LogP) is 11.5. The molecule has 0 saturated carbocycles. The van der Waals surface area contributed by atoms with E-state index in [0.717, 1.165) is 38.9 Å². The normalized spacial score (nSPS) is 12.1. The lowest BCUT2D eigenvalue weighted by Crippen LogP contribution is -1.94. The topological polar surface area (TPSA) is 38.9 Å². The number of furan rings is 1. The largest absolute Gasteiger partial charge is 0.452 e. The fourth-order valence-electron chi connectivity index (χ4n) is 6.94. The summed E-state index contributed by atoms with van der Waals surface area (Å²) in [7, 11) is 0. The first-order valence-corrected chi connectivity index (χ1v) is 15.6. The van der Waals surface area contributed by atoms with Crippen molar-refractivity contribution < 1.29 is 4.42 Å². The zero-order valence-electron chi connectivity index (χ0n) is 23.4. The smallest absolute Gasteiger partial charge is 0.180 e. The molecule has 204 valence electrons. The fourth-order valence-corrected chi connectivity index (χ4v) is 8.10. The minimum Gasteiger partial charge on any atom is -0.452 e. The van der Waals surface area contributed by atoms with Crippen LogP contribution in [0.15, 0.2) is 138 Å². The number of para-hydroxylation sites is 1. The maximum Gasteiger partial charge on any atom is 0.180 e. The maximum absolute atomic E-state index is 6.33. The molecule has 10 aromatic rings. The highest BCUT2D eigenvalue weighted by Crippen LogP contribution is 2.47. The average Bonchev–Trinajstić information content (AvgIpc) is 3.67. The Kier molecular flexibility index (Phi) is 4.87. The van der Waals surface area contributed by atoms with E-state index in [9.17, 15) is 0 Å². The third kappa shape index (κ3) is 3.31. The number of thiophene rings is 1. The van der Waals surface area contributed by atoms with Crippen LogP contribution < -0.4 is 0 Å². The van der Waals surface area contributed by atoms with Gasteiger partial charge in [0, 0.05) is 36.7 Å². The highest BCUT2D eigenvalue weighted by molar-refractivity contribution is 7.26. The molecule has 0 N–H and O–H groups in total. The second kappa shape index (κ2) is 8.96. The third-order valence-electron chi connectivity index (χ3n) is 8.85. The molecule has 4 heteroatoms. The maximum atomic E-state index is 6.33. The Morgan fingerprint density at radius 2 is 1.11 bits per heavy atom. The van der Waals surface area contributed by atoms with Gasteiger partial charge < -0.3 is 4.42 Å². The van der Waals surface area contributed by atoms with Gasteiger partial charge in [-0.2, -0.15) is 0 Å². The first-order valence-electron chi connectivity index (χ1n) is 14.8. The summed E-state index contributed by atoms with van der Waals surface area (Å²) in [5.74, 6) is 0.682. The number of rotatable bonds is 3. The van der Waals surface area contributed by atoms with Crippen LogP contribution in [0.3, 0.4) is 0 Å². The van der Waals surface area contributed by atoms with Crippen molar-refractivity contribution >= 4 is 75.1 Å². The molecule has 0 bridgehead atoms. The molecule has 0 saturated heterocycles. The number of hydrogen-bond donors (Lipinski definition) is 0. The summed E-state index contributed by atoms with van der Waals surface area (Å²) in [6.45, 7) is 0. The van der Waals surface area contributed by atoms with E-state index in [2.05, 4.69) is 97.1 Å². The second-order valence-corrected chi connectivity index (χ2v) is 12.4. The molecule has 3 heterocycles. The van der Waals surface area contributed by atoms with E-state index < -0.39 is 0 Å². The Morgan fingerprint density at radius 1 is 0.477 bits per heavy atom. The van der Waals surface area contributed by atoms with Gasteiger partial charge in [0.15, 0.2) is 11.4 Å². The Bertz CT molecular complexity index is 2720. The molecular formula is C40H22N2OS. The van der Waals surface area contributed by atoms with Crippen LogP contribution in [0.4, 0.5) is 0 Å². The van der Waals surface area contributed by atoms with Gasteiger partial charge in [0.2, 0.25) is 0 Å². The molecular weight excluding hydrogens is 557 g/mol. The fraction of sp³-hybridized carbons (Fsp3) is 0. The van der Waals surface area contributed by atoms with E-state index in [0.29, 0.717) is 11.4 Å². The van der Waals surface area contributed by atoms with Crippen LogP contribution in [0.5, 0.6) is 0 Å². The molecule has 3 aromatic heterocycles. The van der Waals surface area contributed by atoms with E-state index in [1.54, 1.807) is 0 Å². The lowest BCUT2D eigenvalue weighted by Gasteiger charge is -2.14. The van der Waals surface area contributed by atoms with Gasteiger partial charge in [-0.25, -0.2) is 9.97 Å². The van der Waals surface area contributed by atoms with Gasteiger partial charge in [0.1, 0.15) is 16.8 Å². The SMILES string of the molecule is c1ccc(-c2nc(-c3cccc(-c4cccc5c6cccc7sc8cccc(c45)c8c76)c3)nc3c2oc2ccccc23)cc1. The molecule has 0 spiro atoms. The van der Waals surface area contributed by atoms with Crippen molar-refractivity contribution in [3.63, 3.8) is 0 Å². The minimum absolute atomic E-state index is 0.682. The van der Waals surface area contributed by atoms with Crippen LogP contribution in [0, 0.1) is 0 Å². The van der Waals surface area contributed by atoms with Crippen molar-refractivity contribution in [1.29, 1.82) is 0 Å². The zero-order chi connectivity index (χ0) is 28.8. The monoisotopic (exact) mass is 578 g/mol. The van der Waals surface area contributed by atoms with Crippen LogP contribution in [0.1, 0.15) is 0 Å². The second-order valence-electron chi connectivity index (χ2n) is 11.3. The quantitative estimate of drug-likeness (QED) is 0.196. The van der Waals surface area contributed by atoms with Crippen molar-refractivity contribution in [1.82, 2.24) is 9.97 Å². The molecule has 0 fully saturated rings. The molecule has 7 aromatic carbocycles. The van der Waals surface area contributed by atoms with Crippen LogP contribution >= 0.6 is 11.3 Å². The van der Waals surface area contributed by atoms with Crippen molar-refractivity contribution in [2.24, 2.45) is 0 Å². The molecule has 0 aliphatic rings. The summed E-state index contributed by atoms with van der Waals surface area (Å²) in [5.41, 5.74) is 7.48. The Labute approximate surface area is 256 Å². The highest BCUT2D eigenvalue weighted by atomic mass is 32.1. The molecule has 3 nitrogen and oxygen atoms in total. The van der Waals surface area contributed by atoms with E-state index in [1.165, 1.54) is 47.3 Å². The number of hydrogen-bond acceptors (Lipinski definition) is 4.